The summed E-state index contributed by atoms with van der Waals surface area (Å²) in [5, 5.41) is 9.71. The van der Waals surface area contributed by atoms with Gasteiger partial charge in [-0.05, 0) is 19.8 Å². The van der Waals surface area contributed by atoms with Crippen LogP contribution in [0.2, 0.25) is 0 Å². The number of fused-ring (bicyclic) bond motifs is 1. The zero-order valence-electron chi connectivity index (χ0n) is 7.40. The fourth-order valence-corrected chi connectivity index (χ4v) is 2.14. The van der Waals surface area contributed by atoms with Crippen molar-refractivity contribution in [2.45, 2.75) is 38.1 Å². The Kier molecular flexibility index (Phi) is 2.35. The molecule has 2 aliphatic heterocycles. The summed E-state index contributed by atoms with van der Waals surface area (Å²) in [6, 6.07) is 0. The largest absolute Gasteiger partial charge is 0.393 e. The molecule has 0 amide bonds. The van der Waals surface area contributed by atoms with Crippen LogP contribution in [0.3, 0.4) is 0 Å². The number of aliphatic hydroxyl groups is 1. The maximum absolute atomic E-state index is 9.71. The second-order valence-corrected chi connectivity index (χ2v) is 3.82. The zero-order chi connectivity index (χ0) is 8.55. The molecule has 0 aromatic rings. The summed E-state index contributed by atoms with van der Waals surface area (Å²) in [5.74, 6) is 0.218. The summed E-state index contributed by atoms with van der Waals surface area (Å²) >= 11 is 0. The van der Waals surface area contributed by atoms with Crippen LogP contribution in [-0.2, 0) is 9.47 Å². The van der Waals surface area contributed by atoms with E-state index in [1.807, 2.05) is 6.92 Å². The van der Waals surface area contributed by atoms with E-state index in [2.05, 4.69) is 0 Å². The molecule has 0 radical (unpaired) electrons. The van der Waals surface area contributed by atoms with E-state index in [-0.39, 0.29) is 24.2 Å². The standard InChI is InChI=1S/C9H16O3/c1-6-4-8(10)7-5-11-3-2-9(7)12-6/h6-10H,2-5H2,1H3. The molecule has 0 aromatic heterocycles. The van der Waals surface area contributed by atoms with Gasteiger partial charge in [0, 0.05) is 12.5 Å². The fraction of sp³-hybridized carbons (Fsp3) is 1.00. The van der Waals surface area contributed by atoms with Crippen molar-refractivity contribution in [1.82, 2.24) is 0 Å². The third-order valence-electron chi connectivity index (χ3n) is 2.81. The molecular weight excluding hydrogens is 156 g/mol. The molecule has 70 valence electrons. The van der Waals surface area contributed by atoms with Gasteiger partial charge >= 0.3 is 0 Å². The van der Waals surface area contributed by atoms with Gasteiger partial charge in [-0.25, -0.2) is 0 Å². The predicted octanol–water partition coefficient (Wildman–Crippen LogP) is 0.561. The first kappa shape index (κ1) is 8.48. The van der Waals surface area contributed by atoms with Gasteiger partial charge in [0.05, 0.1) is 24.9 Å². The first-order chi connectivity index (χ1) is 5.77. The minimum Gasteiger partial charge on any atom is -0.393 e. The van der Waals surface area contributed by atoms with Gasteiger partial charge in [-0.2, -0.15) is 0 Å². The van der Waals surface area contributed by atoms with Crippen molar-refractivity contribution in [3.05, 3.63) is 0 Å². The van der Waals surface area contributed by atoms with Crippen molar-refractivity contribution >= 4 is 0 Å². The lowest BCUT2D eigenvalue weighted by molar-refractivity contribution is -0.174. The highest BCUT2D eigenvalue weighted by Crippen LogP contribution is 2.30. The van der Waals surface area contributed by atoms with Crippen molar-refractivity contribution in [1.29, 1.82) is 0 Å². The number of hydrogen-bond donors (Lipinski definition) is 1. The van der Waals surface area contributed by atoms with Crippen LogP contribution < -0.4 is 0 Å². The smallest absolute Gasteiger partial charge is 0.0675 e. The van der Waals surface area contributed by atoms with E-state index in [1.54, 1.807) is 0 Å². The third kappa shape index (κ3) is 1.49. The Bertz CT molecular complexity index is 160. The lowest BCUT2D eigenvalue weighted by Gasteiger charge is -2.41. The molecule has 0 saturated carbocycles. The highest BCUT2D eigenvalue weighted by molar-refractivity contribution is 4.86. The van der Waals surface area contributed by atoms with Crippen LogP contribution in [0.4, 0.5) is 0 Å². The van der Waals surface area contributed by atoms with Gasteiger partial charge < -0.3 is 14.6 Å². The zero-order valence-corrected chi connectivity index (χ0v) is 7.40. The monoisotopic (exact) mass is 172 g/mol. The van der Waals surface area contributed by atoms with E-state index in [0.29, 0.717) is 6.61 Å². The van der Waals surface area contributed by atoms with Crippen molar-refractivity contribution in [3.63, 3.8) is 0 Å². The Morgan fingerprint density at radius 1 is 1.42 bits per heavy atom. The van der Waals surface area contributed by atoms with Gasteiger partial charge in [0.25, 0.3) is 0 Å². The van der Waals surface area contributed by atoms with Crippen LogP contribution in [0.15, 0.2) is 0 Å². The van der Waals surface area contributed by atoms with Crippen molar-refractivity contribution < 1.29 is 14.6 Å². The first-order valence-electron chi connectivity index (χ1n) is 4.68. The maximum atomic E-state index is 9.71. The average molecular weight is 172 g/mol. The van der Waals surface area contributed by atoms with Crippen molar-refractivity contribution in [2.75, 3.05) is 13.2 Å². The quantitative estimate of drug-likeness (QED) is 0.580. The predicted molar refractivity (Wildman–Crippen MR) is 43.9 cm³/mol. The molecule has 2 fully saturated rings. The Hall–Kier alpha value is -0.120. The summed E-state index contributed by atoms with van der Waals surface area (Å²) in [4.78, 5) is 0. The summed E-state index contributed by atoms with van der Waals surface area (Å²) in [7, 11) is 0. The van der Waals surface area contributed by atoms with Gasteiger partial charge in [0.2, 0.25) is 0 Å². The number of aliphatic hydroxyl groups excluding tert-OH is 1. The minimum absolute atomic E-state index is 0.208. The Balaban J connectivity index is 2.01. The first-order valence-corrected chi connectivity index (χ1v) is 4.68. The molecule has 0 aliphatic carbocycles. The van der Waals surface area contributed by atoms with Gasteiger partial charge in [-0.15, -0.1) is 0 Å². The molecule has 4 atom stereocenters. The highest BCUT2D eigenvalue weighted by atomic mass is 16.5. The summed E-state index contributed by atoms with van der Waals surface area (Å²) in [6.45, 7) is 3.47. The molecular formula is C9H16O3. The Morgan fingerprint density at radius 3 is 3.08 bits per heavy atom. The molecule has 2 aliphatic rings. The Labute approximate surface area is 72.7 Å². The van der Waals surface area contributed by atoms with E-state index in [1.165, 1.54) is 0 Å². The van der Waals surface area contributed by atoms with Crippen LogP contribution in [0.25, 0.3) is 0 Å². The molecule has 3 nitrogen and oxygen atoms in total. The van der Waals surface area contributed by atoms with Crippen molar-refractivity contribution in [3.8, 4) is 0 Å². The molecule has 1 N–H and O–H groups in total. The van der Waals surface area contributed by atoms with Crippen LogP contribution >= 0.6 is 0 Å². The van der Waals surface area contributed by atoms with Crippen molar-refractivity contribution in [2.24, 2.45) is 5.92 Å². The third-order valence-corrected chi connectivity index (χ3v) is 2.81. The highest BCUT2D eigenvalue weighted by Gasteiger charge is 2.38. The number of ether oxygens (including phenoxy) is 2. The van der Waals surface area contributed by atoms with E-state index in [9.17, 15) is 5.11 Å². The average Bonchev–Trinajstić information content (AvgIpc) is 2.04. The second kappa shape index (κ2) is 3.32. The van der Waals surface area contributed by atoms with E-state index in [0.717, 1.165) is 19.4 Å². The lowest BCUT2D eigenvalue weighted by atomic mass is 9.87. The molecule has 2 saturated heterocycles. The molecule has 2 rings (SSSR count). The summed E-state index contributed by atoms with van der Waals surface area (Å²) < 4.78 is 11.0. The Morgan fingerprint density at radius 2 is 2.25 bits per heavy atom. The van der Waals surface area contributed by atoms with Gasteiger partial charge in [0.15, 0.2) is 0 Å². The van der Waals surface area contributed by atoms with Gasteiger partial charge in [-0.1, -0.05) is 0 Å². The molecule has 4 unspecified atom stereocenters. The molecule has 0 bridgehead atoms. The molecule has 0 aromatic carbocycles. The summed E-state index contributed by atoms with van der Waals surface area (Å²) in [5.41, 5.74) is 0. The van der Waals surface area contributed by atoms with Crippen LogP contribution in [-0.4, -0.2) is 36.6 Å². The molecule has 0 spiro atoms. The van der Waals surface area contributed by atoms with Gasteiger partial charge in [-0.3, -0.25) is 0 Å². The second-order valence-electron chi connectivity index (χ2n) is 3.82. The normalized spacial score (nSPS) is 48.5. The fourth-order valence-electron chi connectivity index (χ4n) is 2.14. The maximum Gasteiger partial charge on any atom is 0.0675 e. The molecule has 3 heteroatoms. The van der Waals surface area contributed by atoms with E-state index >= 15 is 0 Å². The topological polar surface area (TPSA) is 38.7 Å². The SMILES string of the molecule is CC1CC(O)C2COCCC2O1. The number of rotatable bonds is 0. The number of hydrogen-bond acceptors (Lipinski definition) is 3. The molecule has 12 heavy (non-hydrogen) atoms. The van der Waals surface area contributed by atoms with Gasteiger partial charge in [0.1, 0.15) is 0 Å². The molecule has 2 heterocycles. The van der Waals surface area contributed by atoms with Crippen LogP contribution in [0, 0.1) is 5.92 Å². The van der Waals surface area contributed by atoms with Crippen LogP contribution in [0.5, 0.6) is 0 Å². The van der Waals surface area contributed by atoms with E-state index < -0.39 is 0 Å². The minimum atomic E-state index is -0.223. The summed E-state index contributed by atoms with van der Waals surface area (Å²) in [6.07, 6.45) is 1.91. The lowest BCUT2D eigenvalue weighted by Crippen LogP contribution is -2.48. The van der Waals surface area contributed by atoms with E-state index in [4.69, 9.17) is 9.47 Å². The van der Waals surface area contributed by atoms with Crippen LogP contribution in [0.1, 0.15) is 19.8 Å².